The molecule has 2 nitrogen and oxygen atoms in total. The Morgan fingerprint density at radius 3 is 2.48 bits per heavy atom. The van der Waals surface area contributed by atoms with E-state index in [4.69, 9.17) is 4.74 Å². The van der Waals surface area contributed by atoms with Crippen LogP contribution in [-0.4, -0.2) is 18.5 Å². The minimum absolute atomic E-state index is 0.0480. The summed E-state index contributed by atoms with van der Waals surface area (Å²) in [4.78, 5) is 12.7. The van der Waals surface area contributed by atoms with Gasteiger partial charge in [0.15, 0.2) is 5.78 Å². The molecule has 21 heavy (non-hydrogen) atoms. The van der Waals surface area contributed by atoms with Crippen LogP contribution in [-0.2, 0) is 16.0 Å². The second-order valence-electron chi connectivity index (χ2n) is 6.70. The van der Waals surface area contributed by atoms with Crippen molar-refractivity contribution in [3.8, 4) is 0 Å². The number of ketones is 1. The largest absolute Gasteiger partial charge is 0.370 e. The molecule has 1 aromatic rings. The van der Waals surface area contributed by atoms with E-state index in [2.05, 4.69) is 29.8 Å². The molecule has 0 spiro atoms. The van der Waals surface area contributed by atoms with E-state index in [-0.39, 0.29) is 23.4 Å². The van der Waals surface area contributed by atoms with Gasteiger partial charge in [-0.3, -0.25) is 4.79 Å². The van der Waals surface area contributed by atoms with Crippen molar-refractivity contribution in [2.24, 2.45) is 5.41 Å². The molecule has 1 fully saturated rings. The van der Waals surface area contributed by atoms with Gasteiger partial charge in [-0.25, -0.2) is 4.39 Å². The van der Waals surface area contributed by atoms with Crippen molar-refractivity contribution >= 4 is 21.7 Å². The third-order valence-electron chi connectivity index (χ3n) is 4.67. The zero-order valence-corrected chi connectivity index (χ0v) is 14.4. The normalized spacial score (nSPS) is 20.2. The van der Waals surface area contributed by atoms with Crippen LogP contribution in [0.3, 0.4) is 0 Å². The number of hydrogen-bond acceptors (Lipinski definition) is 2. The molecule has 0 N–H and O–H groups in total. The van der Waals surface area contributed by atoms with Gasteiger partial charge in [-0.15, -0.1) is 0 Å². The molecule has 116 valence electrons. The van der Waals surface area contributed by atoms with Crippen LogP contribution in [0.1, 0.15) is 45.1 Å². The van der Waals surface area contributed by atoms with Gasteiger partial charge in [-0.1, -0.05) is 29.8 Å². The minimum Gasteiger partial charge on any atom is -0.370 e. The van der Waals surface area contributed by atoms with Crippen LogP contribution in [0.5, 0.6) is 0 Å². The average Bonchev–Trinajstić information content (AvgIpc) is 2.43. The fraction of sp³-hybridized carbons (Fsp3) is 0.588. The van der Waals surface area contributed by atoms with Crippen molar-refractivity contribution in [1.29, 1.82) is 0 Å². The lowest BCUT2D eigenvalue weighted by Crippen LogP contribution is -2.46. The number of Topliss-reactive ketones (excluding diaryl/α,β-unsaturated/α-hetero) is 1. The SMILES string of the molecule is COC1(C(=O)Cc2cc(F)ccc2Br)CCC(C)(C)CC1. The Hall–Kier alpha value is -0.740. The number of rotatable bonds is 4. The van der Waals surface area contributed by atoms with Gasteiger partial charge in [-0.05, 0) is 54.9 Å². The van der Waals surface area contributed by atoms with Crippen molar-refractivity contribution in [2.45, 2.75) is 51.6 Å². The number of methoxy groups -OCH3 is 1. The number of ether oxygens (including phenoxy) is 1. The molecule has 0 aliphatic heterocycles. The number of halogens is 2. The van der Waals surface area contributed by atoms with E-state index in [1.165, 1.54) is 12.1 Å². The summed E-state index contributed by atoms with van der Waals surface area (Å²) in [5.41, 5.74) is 0.240. The minimum atomic E-state index is -0.707. The predicted octanol–water partition coefficient (Wildman–Crippen LogP) is 4.69. The monoisotopic (exact) mass is 356 g/mol. The van der Waals surface area contributed by atoms with Crippen LogP contribution < -0.4 is 0 Å². The fourth-order valence-electron chi connectivity index (χ4n) is 2.94. The maximum Gasteiger partial charge on any atom is 0.168 e. The van der Waals surface area contributed by atoms with Crippen LogP contribution >= 0.6 is 15.9 Å². The number of carbonyl (C=O) groups excluding carboxylic acids is 1. The number of benzene rings is 1. The standard InChI is InChI=1S/C17H22BrFO2/c1-16(2)6-8-17(21-3,9-7-16)15(20)11-12-10-13(19)4-5-14(12)18/h4-5,10H,6-9,11H2,1-3H3. The molecule has 1 saturated carbocycles. The molecule has 0 amide bonds. The topological polar surface area (TPSA) is 26.3 Å². The first-order valence-corrected chi connectivity index (χ1v) is 8.10. The Balaban J connectivity index is 2.16. The van der Waals surface area contributed by atoms with E-state index in [9.17, 15) is 9.18 Å². The van der Waals surface area contributed by atoms with E-state index in [0.29, 0.717) is 5.56 Å². The molecule has 0 radical (unpaired) electrons. The summed E-state index contributed by atoms with van der Waals surface area (Å²) < 4.78 is 19.7. The van der Waals surface area contributed by atoms with E-state index < -0.39 is 5.60 Å². The lowest BCUT2D eigenvalue weighted by atomic mass is 9.69. The second-order valence-corrected chi connectivity index (χ2v) is 7.55. The highest BCUT2D eigenvalue weighted by atomic mass is 79.9. The van der Waals surface area contributed by atoms with Gasteiger partial charge < -0.3 is 4.74 Å². The van der Waals surface area contributed by atoms with Crippen LogP contribution in [0.4, 0.5) is 4.39 Å². The molecule has 0 unspecified atom stereocenters. The van der Waals surface area contributed by atoms with Gasteiger partial charge in [0.05, 0.1) is 0 Å². The van der Waals surface area contributed by atoms with E-state index in [1.807, 2.05) is 0 Å². The van der Waals surface area contributed by atoms with Crippen LogP contribution in [0.2, 0.25) is 0 Å². The molecular formula is C17H22BrFO2. The lowest BCUT2D eigenvalue weighted by molar-refractivity contribution is -0.147. The van der Waals surface area contributed by atoms with Gasteiger partial charge >= 0.3 is 0 Å². The Morgan fingerprint density at radius 2 is 1.90 bits per heavy atom. The molecule has 2 rings (SSSR count). The van der Waals surface area contributed by atoms with Gasteiger partial charge in [0.2, 0.25) is 0 Å². The summed E-state index contributed by atoms with van der Waals surface area (Å²) in [5, 5.41) is 0. The van der Waals surface area contributed by atoms with Crippen LogP contribution in [0.25, 0.3) is 0 Å². The molecule has 4 heteroatoms. The Labute approximate surface area is 134 Å². The summed E-state index contributed by atoms with van der Waals surface area (Å²) >= 11 is 3.38. The summed E-state index contributed by atoms with van der Waals surface area (Å²) in [6.07, 6.45) is 3.62. The highest BCUT2D eigenvalue weighted by Gasteiger charge is 2.43. The van der Waals surface area contributed by atoms with Crippen molar-refractivity contribution < 1.29 is 13.9 Å². The molecular weight excluding hydrogens is 335 g/mol. The van der Waals surface area contributed by atoms with Crippen molar-refractivity contribution in [1.82, 2.24) is 0 Å². The fourth-order valence-corrected chi connectivity index (χ4v) is 3.33. The summed E-state index contributed by atoms with van der Waals surface area (Å²) in [6, 6.07) is 4.44. The molecule has 0 bridgehead atoms. The predicted molar refractivity (Wildman–Crippen MR) is 84.8 cm³/mol. The van der Waals surface area contributed by atoms with Crippen LogP contribution in [0, 0.1) is 11.2 Å². The highest BCUT2D eigenvalue weighted by Crippen LogP contribution is 2.42. The van der Waals surface area contributed by atoms with Gasteiger partial charge in [0.1, 0.15) is 11.4 Å². The van der Waals surface area contributed by atoms with Crippen molar-refractivity contribution in [3.05, 3.63) is 34.1 Å². The van der Waals surface area contributed by atoms with Crippen LogP contribution in [0.15, 0.2) is 22.7 Å². The average molecular weight is 357 g/mol. The highest BCUT2D eigenvalue weighted by molar-refractivity contribution is 9.10. The van der Waals surface area contributed by atoms with Gasteiger partial charge in [0, 0.05) is 18.0 Å². The first-order valence-electron chi connectivity index (χ1n) is 7.30. The summed E-state index contributed by atoms with van der Waals surface area (Å²) in [5.74, 6) is -0.274. The third-order valence-corrected chi connectivity index (χ3v) is 5.44. The Bertz CT molecular complexity index is 530. The number of hydrogen-bond donors (Lipinski definition) is 0. The van der Waals surface area contributed by atoms with E-state index >= 15 is 0 Å². The molecule has 0 aromatic heterocycles. The first kappa shape index (κ1) is 16.6. The molecule has 0 heterocycles. The smallest absolute Gasteiger partial charge is 0.168 e. The third kappa shape index (κ3) is 3.72. The molecule has 0 saturated heterocycles. The maximum atomic E-state index is 13.4. The van der Waals surface area contributed by atoms with E-state index in [0.717, 1.165) is 30.2 Å². The lowest BCUT2D eigenvalue weighted by Gasteiger charge is -2.41. The quantitative estimate of drug-likeness (QED) is 0.782. The Kier molecular flexibility index (Phi) is 4.89. The Morgan fingerprint density at radius 1 is 1.29 bits per heavy atom. The zero-order valence-electron chi connectivity index (χ0n) is 12.8. The second kappa shape index (κ2) is 6.17. The van der Waals surface area contributed by atoms with E-state index in [1.54, 1.807) is 13.2 Å². The first-order chi connectivity index (χ1) is 9.78. The molecule has 0 atom stereocenters. The van der Waals surface area contributed by atoms with Gasteiger partial charge in [-0.2, -0.15) is 0 Å². The molecule has 1 aliphatic rings. The maximum absolute atomic E-state index is 13.4. The summed E-state index contributed by atoms with van der Waals surface area (Å²) in [7, 11) is 1.61. The van der Waals surface area contributed by atoms with Crippen molar-refractivity contribution in [3.63, 3.8) is 0 Å². The molecule has 1 aromatic carbocycles. The zero-order chi connectivity index (χ0) is 15.7. The molecule has 1 aliphatic carbocycles. The van der Waals surface area contributed by atoms with Crippen molar-refractivity contribution in [2.75, 3.05) is 7.11 Å². The number of carbonyl (C=O) groups is 1. The summed E-state index contributed by atoms with van der Waals surface area (Å²) in [6.45, 7) is 4.44. The van der Waals surface area contributed by atoms with Gasteiger partial charge in [0.25, 0.3) is 0 Å².